The van der Waals surface area contributed by atoms with Gasteiger partial charge in [-0.25, -0.2) is 22.2 Å². The third-order valence-electron chi connectivity index (χ3n) is 8.12. The van der Waals surface area contributed by atoms with Gasteiger partial charge in [-0.3, -0.25) is 9.59 Å². The van der Waals surface area contributed by atoms with Gasteiger partial charge in [0.2, 0.25) is 0 Å². The summed E-state index contributed by atoms with van der Waals surface area (Å²) in [6, 6.07) is 0.365. The number of halogens is 8. The van der Waals surface area contributed by atoms with Crippen LogP contribution in [0.25, 0.3) is 10.4 Å². The first-order valence-corrected chi connectivity index (χ1v) is 15.8. The molecule has 2 aliphatic rings. The quantitative estimate of drug-likeness (QED) is 0.364. The van der Waals surface area contributed by atoms with Gasteiger partial charge in [0.05, 0.1) is 10.1 Å². The average Bonchev–Trinajstić information content (AvgIpc) is 3.49. The molecule has 17 heteroatoms. The number of sulfone groups is 1. The zero-order valence-corrected chi connectivity index (χ0v) is 24.6. The smallest absolute Gasteiger partial charge is 0.347 e. The highest BCUT2D eigenvalue weighted by atomic mass is 32.2. The van der Waals surface area contributed by atoms with Crippen molar-refractivity contribution in [3.63, 3.8) is 0 Å². The number of alkyl halides is 8. The average molecular weight is 662 g/mol. The van der Waals surface area contributed by atoms with Gasteiger partial charge in [-0.05, 0) is 51.2 Å². The Kier molecular flexibility index (Phi) is 8.67. The van der Waals surface area contributed by atoms with E-state index in [1.54, 1.807) is 6.92 Å². The number of hydrogen-bond donors (Lipinski definition) is 1. The minimum Gasteiger partial charge on any atom is -0.347 e. The van der Waals surface area contributed by atoms with Gasteiger partial charge in [-0.15, -0.1) is 11.3 Å². The van der Waals surface area contributed by atoms with Crippen LogP contribution < -0.4 is 5.32 Å². The molecular formula is C26H27F8N3O4S2. The fraction of sp³-hybridized carbons (Fsp3) is 0.577. The Bertz CT molecular complexity index is 1500. The summed E-state index contributed by atoms with van der Waals surface area (Å²) in [5.74, 6) is -1.58. The lowest BCUT2D eigenvalue weighted by atomic mass is 9.79. The molecule has 1 N–H and O–H groups in total. The van der Waals surface area contributed by atoms with Crippen molar-refractivity contribution >= 4 is 33.0 Å². The maximum Gasteiger partial charge on any atom is 0.406 e. The van der Waals surface area contributed by atoms with Crippen LogP contribution in [0, 0.1) is 0 Å². The van der Waals surface area contributed by atoms with Crippen LogP contribution in [0.2, 0.25) is 0 Å². The van der Waals surface area contributed by atoms with Crippen molar-refractivity contribution in [2.75, 3.05) is 12.8 Å². The first kappa shape index (κ1) is 33.1. The van der Waals surface area contributed by atoms with E-state index in [1.807, 2.05) is 0 Å². The summed E-state index contributed by atoms with van der Waals surface area (Å²) >= 11 is 0.481. The molecule has 0 unspecified atom stereocenters. The molecule has 2 heterocycles. The fourth-order valence-electron chi connectivity index (χ4n) is 5.15. The van der Waals surface area contributed by atoms with E-state index in [9.17, 15) is 53.1 Å². The Morgan fingerprint density at radius 1 is 1.09 bits per heavy atom. The van der Waals surface area contributed by atoms with E-state index < -0.39 is 79.5 Å². The topological polar surface area (TPSA) is 96.4 Å². The van der Waals surface area contributed by atoms with Crippen LogP contribution in [-0.2, 0) is 15.3 Å². The molecule has 4 rings (SSSR count). The second-order valence-electron chi connectivity index (χ2n) is 11.0. The van der Waals surface area contributed by atoms with Crippen molar-refractivity contribution in [3.05, 3.63) is 40.0 Å². The Labute approximate surface area is 245 Å². The number of likely N-dealkylation sites (tertiary alicyclic amines) is 1. The zero-order valence-electron chi connectivity index (χ0n) is 22.9. The largest absolute Gasteiger partial charge is 0.406 e. The molecule has 0 spiro atoms. The number of benzene rings is 1. The molecule has 1 aliphatic heterocycles. The van der Waals surface area contributed by atoms with Crippen LogP contribution in [0.15, 0.2) is 18.2 Å². The molecule has 0 radical (unpaired) electrons. The summed E-state index contributed by atoms with van der Waals surface area (Å²) in [6.07, 6.45) is -12.8. The van der Waals surface area contributed by atoms with E-state index in [-0.39, 0.29) is 48.3 Å². The molecule has 1 saturated heterocycles. The molecule has 43 heavy (non-hydrogen) atoms. The molecule has 2 fully saturated rings. The Morgan fingerprint density at radius 2 is 1.70 bits per heavy atom. The summed E-state index contributed by atoms with van der Waals surface area (Å²) in [7, 11) is -3.34. The summed E-state index contributed by atoms with van der Waals surface area (Å²) in [6.45, 7) is 1.86. The summed E-state index contributed by atoms with van der Waals surface area (Å²) in [5, 5.41) is 1.53. The van der Waals surface area contributed by atoms with Crippen molar-refractivity contribution in [2.24, 2.45) is 0 Å². The standard InChI is InChI=1S/C26H27F8N3O4S2/c1-12-5-4-8-37(12)23(39)18-19(42-22(36-18)21(38)35-14-10-15(11-14)43(3,40)41)16-7-6-13(9-17(16)20(27)28)24(2,25(29,30)31)26(32,33)34/h6-7,9,12,14-15,20H,4-5,8,10-11H2,1-3H3,(H,35,38)/t12-,14?,15?/m0/s1. The second kappa shape index (κ2) is 11.3. The van der Waals surface area contributed by atoms with E-state index >= 15 is 0 Å². The third kappa shape index (κ3) is 6.11. The molecule has 1 aliphatic carbocycles. The van der Waals surface area contributed by atoms with Gasteiger partial charge in [0.1, 0.15) is 15.5 Å². The molecule has 238 valence electrons. The van der Waals surface area contributed by atoms with Crippen LogP contribution in [0.1, 0.15) is 77.4 Å². The number of aromatic nitrogens is 1. The van der Waals surface area contributed by atoms with Gasteiger partial charge in [0.15, 0.2) is 10.4 Å². The number of nitrogens with zero attached hydrogens (tertiary/aromatic N) is 2. The molecule has 1 atom stereocenters. The number of rotatable bonds is 7. The maximum absolute atomic E-state index is 14.3. The Hall–Kier alpha value is -2.82. The minimum absolute atomic E-state index is 0.118. The lowest BCUT2D eigenvalue weighted by molar-refractivity contribution is -0.297. The Morgan fingerprint density at radius 3 is 2.19 bits per heavy atom. The summed E-state index contributed by atoms with van der Waals surface area (Å²) in [5.41, 5.74) is -8.14. The number of carbonyl (C=O) groups is 2. The molecular weight excluding hydrogens is 634 g/mol. The number of nitrogens with one attached hydrogen (secondary N) is 1. The highest BCUT2D eigenvalue weighted by Gasteiger charge is 2.68. The molecule has 2 amide bonds. The first-order valence-electron chi connectivity index (χ1n) is 13.0. The predicted octanol–water partition coefficient (Wildman–Crippen LogP) is 6.06. The van der Waals surface area contributed by atoms with E-state index in [2.05, 4.69) is 10.3 Å². The summed E-state index contributed by atoms with van der Waals surface area (Å²) < 4.78 is 134. The van der Waals surface area contributed by atoms with E-state index in [0.717, 1.165) is 6.26 Å². The van der Waals surface area contributed by atoms with Gasteiger partial charge in [-0.2, -0.15) is 26.3 Å². The maximum atomic E-state index is 14.3. The van der Waals surface area contributed by atoms with Gasteiger partial charge >= 0.3 is 12.4 Å². The number of carbonyl (C=O) groups excluding carboxylic acids is 2. The predicted molar refractivity (Wildman–Crippen MR) is 141 cm³/mol. The van der Waals surface area contributed by atoms with Crippen LogP contribution in [-0.4, -0.2) is 72.6 Å². The minimum atomic E-state index is -5.88. The van der Waals surface area contributed by atoms with Gasteiger partial charge in [-0.1, -0.05) is 12.1 Å². The van der Waals surface area contributed by atoms with Crippen molar-refractivity contribution in [2.45, 2.75) is 81.1 Å². The van der Waals surface area contributed by atoms with Crippen molar-refractivity contribution < 1.29 is 53.1 Å². The van der Waals surface area contributed by atoms with E-state index in [1.165, 1.54) is 4.90 Å². The van der Waals surface area contributed by atoms with Gasteiger partial charge in [0.25, 0.3) is 18.2 Å². The van der Waals surface area contributed by atoms with Crippen LogP contribution in [0.4, 0.5) is 35.1 Å². The Balaban J connectivity index is 1.80. The molecule has 1 aromatic carbocycles. The highest BCUT2D eigenvalue weighted by Crippen LogP contribution is 2.53. The van der Waals surface area contributed by atoms with Crippen LogP contribution in [0.5, 0.6) is 0 Å². The second-order valence-corrected chi connectivity index (χ2v) is 14.3. The molecule has 2 aromatic rings. The fourth-order valence-corrected chi connectivity index (χ4v) is 7.32. The number of amides is 2. The monoisotopic (exact) mass is 661 g/mol. The molecule has 1 saturated carbocycles. The third-order valence-corrected chi connectivity index (χ3v) is 10.8. The van der Waals surface area contributed by atoms with Crippen molar-refractivity contribution in [1.82, 2.24) is 15.2 Å². The SMILES string of the molecule is C[C@H]1CCCN1C(=O)c1nc(C(=O)NC2CC(S(C)(=O)=O)C2)sc1-c1ccc(C(C)(C(F)(F)F)C(F)(F)F)cc1C(F)F. The number of thiazole rings is 1. The van der Waals surface area contributed by atoms with Crippen molar-refractivity contribution in [1.29, 1.82) is 0 Å². The lowest BCUT2D eigenvalue weighted by Crippen LogP contribution is -2.51. The summed E-state index contributed by atoms with van der Waals surface area (Å²) in [4.78, 5) is 31.6. The van der Waals surface area contributed by atoms with E-state index in [4.69, 9.17) is 0 Å². The highest BCUT2D eigenvalue weighted by molar-refractivity contribution is 7.91. The van der Waals surface area contributed by atoms with Crippen LogP contribution >= 0.6 is 11.3 Å². The number of hydrogen-bond acceptors (Lipinski definition) is 6. The van der Waals surface area contributed by atoms with Crippen molar-refractivity contribution in [3.8, 4) is 10.4 Å². The normalized spacial score (nSPS) is 21.7. The molecule has 1 aromatic heterocycles. The zero-order chi connectivity index (χ0) is 32.3. The lowest BCUT2D eigenvalue weighted by Gasteiger charge is -2.34. The van der Waals surface area contributed by atoms with Gasteiger partial charge < -0.3 is 10.2 Å². The van der Waals surface area contributed by atoms with E-state index in [0.29, 0.717) is 36.3 Å². The van der Waals surface area contributed by atoms with Gasteiger partial charge in [0, 0.05) is 36.0 Å². The molecule has 0 bridgehead atoms. The molecule has 7 nitrogen and oxygen atoms in total. The van der Waals surface area contributed by atoms with Crippen LogP contribution in [0.3, 0.4) is 0 Å². The first-order chi connectivity index (χ1) is 19.7.